The van der Waals surface area contributed by atoms with Crippen LogP contribution in [0.3, 0.4) is 0 Å². The Morgan fingerprint density at radius 1 is 1.59 bits per heavy atom. The molecule has 0 spiro atoms. The predicted octanol–water partition coefficient (Wildman–Crippen LogP) is 0.578. The number of hydrogen-bond donors (Lipinski definition) is 1. The second kappa shape index (κ2) is 4.27. The van der Waals surface area contributed by atoms with Gasteiger partial charge in [-0.1, -0.05) is 0 Å². The van der Waals surface area contributed by atoms with E-state index in [0.29, 0.717) is 18.9 Å². The number of aromatic nitrogens is 2. The zero-order valence-corrected chi connectivity index (χ0v) is 9.90. The quantitative estimate of drug-likeness (QED) is 0.766. The van der Waals surface area contributed by atoms with E-state index < -0.39 is 11.4 Å². The lowest BCUT2D eigenvalue weighted by molar-refractivity contribution is -0.128. The minimum absolute atomic E-state index is 0.00882. The molecule has 1 fully saturated rings. The fourth-order valence-electron chi connectivity index (χ4n) is 2.14. The van der Waals surface area contributed by atoms with Gasteiger partial charge in [-0.15, -0.1) is 0 Å². The summed E-state index contributed by atoms with van der Waals surface area (Å²) in [5, 5.41) is 2.66. The van der Waals surface area contributed by atoms with Crippen LogP contribution in [0.2, 0.25) is 0 Å². The number of amides is 1. The molecule has 2 heterocycles. The van der Waals surface area contributed by atoms with Crippen molar-refractivity contribution in [1.29, 1.82) is 0 Å². The van der Waals surface area contributed by atoms with Gasteiger partial charge in [0, 0.05) is 26.2 Å². The van der Waals surface area contributed by atoms with Gasteiger partial charge in [0.25, 0.3) is 0 Å². The smallest absolute Gasteiger partial charge is 0.227 e. The van der Waals surface area contributed by atoms with E-state index in [1.54, 1.807) is 7.05 Å². The van der Waals surface area contributed by atoms with Crippen LogP contribution in [-0.4, -0.2) is 36.0 Å². The molecule has 1 aromatic heterocycles. The molecule has 0 aliphatic carbocycles. The maximum Gasteiger partial charge on any atom is 0.227 e. The first kappa shape index (κ1) is 11.8. The fourth-order valence-corrected chi connectivity index (χ4v) is 2.14. The molecule has 0 aromatic carbocycles. The summed E-state index contributed by atoms with van der Waals surface area (Å²) < 4.78 is 13.0. The summed E-state index contributed by atoms with van der Waals surface area (Å²) in [6, 6.07) is 1.29. The van der Waals surface area contributed by atoms with Crippen molar-refractivity contribution in [2.75, 3.05) is 25.0 Å². The second-order valence-electron chi connectivity index (χ2n) is 4.51. The Morgan fingerprint density at radius 3 is 3.00 bits per heavy atom. The number of nitrogens with zero attached hydrogens (tertiary/aromatic N) is 3. The Bertz CT molecular complexity index is 439. The Balaban J connectivity index is 2.15. The molecule has 5 nitrogen and oxygen atoms in total. The van der Waals surface area contributed by atoms with Crippen LogP contribution in [0, 0.1) is 11.4 Å². The summed E-state index contributed by atoms with van der Waals surface area (Å²) in [7, 11) is 1.63. The van der Waals surface area contributed by atoms with E-state index in [4.69, 9.17) is 0 Å². The van der Waals surface area contributed by atoms with Crippen molar-refractivity contribution in [2.45, 2.75) is 13.3 Å². The van der Waals surface area contributed by atoms with Crippen LogP contribution in [0.1, 0.15) is 13.3 Å². The van der Waals surface area contributed by atoms with Crippen LogP contribution < -0.4 is 10.2 Å². The Labute approximate surface area is 99.1 Å². The number of hydrogen-bond acceptors (Lipinski definition) is 4. The van der Waals surface area contributed by atoms with Crippen LogP contribution in [0.25, 0.3) is 0 Å². The molecule has 0 radical (unpaired) electrons. The van der Waals surface area contributed by atoms with Crippen molar-refractivity contribution in [3.63, 3.8) is 0 Å². The molecule has 6 heteroatoms. The van der Waals surface area contributed by atoms with Crippen LogP contribution >= 0.6 is 0 Å². The van der Waals surface area contributed by atoms with Gasteiger partial charge in [-0.25, -0.2) is 9.97 Å². The van der Waals surface area contributed by atoms with E-state index in [2.05, 4.69) is 15.3 Å². The van der Waals surface area contributed by atoms with Gasteiger partial charge in [0.15, 0.2) is 0 Å². The molecule has 1 atom stereocenters. The lowest BCUT2D eigenvalue weighted by atomic mass is 9.89. The standard InChI is InChI=1S/C11H15FN4O/c1-11(10(17)13-2)3-4-16(6-11)9-5-8(12)14-7-15-9/h5,7H,3-4,6H2,1-2H3,(H,13,17). The first-order valence-electron chi connectivity index (χ1n) is 5.50. The number of carbonyl (C=O) groups is 1. The molecule has 1 N–H and O–H groups in total. The van der Waals surface area contributed by atoms with Gasteiger partial charge in [0.1, 0.15) is 12.1 Å². The molecule has 1 unspecified atom stereocenters. The highest BCUT2D eigenvalue weighted by molar-refractivity contribution is 5.83. The zero-order chi connectivity index (χ0) is 12.5. The molecule has 0 saturated carbocycles. The van der Waals surface area contributed by atoms with Crippen molar-refractivity contribution in [3.8, 4) is 0 Å². The topological polar surface area (TPSA) is 58.1 Å². The van der Waals surface area contributed by atoms with Gasteiger partial charge >= 0.3 is 0 Å². The Kier molecular flexibility index (Phi) is 2.95. The molecule has 92 valence electrons. The van der Waals surface area contributed by atoms with E-state index >= 15 is 0 Å². The third-order valence-corrected chi connectivity index (χ3v) is 3.19. The maximum absolute atomic E-state index is 13.0. The molecule has 1 aromatic rings. The highest BCUT2D eigenvalue weighted by Crippen LogP contribution is 2.32. The summed E-state index contributed by atoms with van der Waals surface area (Å²) >= 11 is 0. The van der Waals surface area contributed by atoms with Crippen molar-refractivity contribution >= 4 is 11.7 Å². The Hall–Kier alpha value is -1.72. The zero-order valence-electron chi connectivity index (χ0n) is 9.90. The molecule has 1 saturated heterocycles. The molecular formula is C11H15FN4O. The van der Waals surface area contributed by atoms with Crippen LogP contribution in [0.5, 0.6) is 0 Å². The van der Waals surface area contributed by atoms with Gasteiger partial charge in [-0.05, 0) is 13.3 Å². The summed E-state index contributed by atoms with van der Waals surface area (Å²) in [5.74, 6) is -0.0109. The third kappa shape index (κ3) is 2.20. The van der Waals surface area contributed by atoms with Gasteiger partial charge in [-0.2, -0.15) is 4.39 Å². The van der Waals surface area contributed by atoms with Crippen molar-refractivity contribution < 1.29 is 9.18 Å². The summed E-state index contributed by atoms with van der Waals surface area (Å²) in [4.78, 5) is 21.1. The second-order valence-corrected chi connectivity index (χ2v) is 4.51. The highest BCUT2D eigenvalue weighted by Gasteiger charge is 2.40. The number of nitrogens with one attached hydrogen (secondary N) is 1. The molecule has 17 heavy (non-hydrogen) atoms. The van der Waals surface area contributed by atoms with Crippen LogP contribution in [0.4, 0.5) is 10.2 Å². The summed E-state index contributed by atoms with van der Waals surface area (Å²) in [5.41, 5.74) is -0.434. The predicted molar refractivity (Wildman–Crippen MR) is 61.0 cm³/mol. The SMILES string of the molecule is CNC(=O)C1(C)CCN(c2cc(F)ncn2)C1. The minimum Gasteiger partial charge on any atom is -0.359 e. The average molecular weight is 238 g/mol. The molecule has 2 rings (SSSR count). The van der Waals surface area contributed by atoms with E-state index in [1.807, 2.05) is 11.8 Å². The third-order valence-electron chi connectivity index (χ3n) is 3.19. The minimum atomic E-state index is -0.552. The first-order valence-corrected chi connectivity index (χ1v) is 5.50. The lowest BCUT2D eigenvalue weighted by Gasteiger charge is -2.23. The lowest BCUT2D eigenvalue weighted by Crippen LogP contribution is -2.39. The van der Waals surface area contributed by atoms with Gasteiger partial charge in [0.2, 0.25) is 11.9 Å². The van der Waals surface area contributed by atoms with E-state index in [-0.39, 0.29) is 5.91 Å². The van der Waals surface area contributed by atoms with E-state index in [0.717, 1.165) is 6.42 Å². The molecule has 1 aliphatic rings. The van der Waals surface area contributed by atoms with Crippen LogP contribution in [0.15, 0.2) is 12.4 Å². The number of carbonyl (C=O) groups excluding carboxylic acids is 1. The van der Waals surface area contributed by atoms with Crippen LogP contribution in [-0.2, 0) is 4.79 Å². The van der Waals surface area contributed by atoms with E-state index in [9.17, 15) is 9.18 Å². The van der Waals surface area contributed by atoms with Gasteiger partial charge < -0.3 is 10.2 Å². The molecule has 1 aliphatic heterocycles. The molecule has 1 amide bonds. The van der Waals surface area contributed by atoms with Gasteiger partial charge in [0.05, 0.1) is 5.41 Å². The molecule has 0 bridgehead atoms. The maximum atomic E-state index is 13.0. The van der Waals surface area contributed by atoms with E-state index in [1.165, 1.54) is 12.4 Å². The number of rotatable bonds is 2. The number of anilines is 1. The monoisotopic (exact) mass is 238 g/mol. The van der Waals surface area contributed by atoms with Crippen molar-refractivity contribution in [1.82, 2.24) is 15.3 Å². The highest BCUT2D eigenvalue weighted by atomic mass is 19.1. The Morgan fingerprint density at radius 2 is 2.35 bits per heavy atom. The largest absolute Gasteiger partial charge is 0.359 e. The summed E-state index contributed by atoms with van der Waals surface area (Å²) in [6.07, 6.45) is 1.93. The first-order chi connectivity index (χ1) is 8.05. The van der Waals surface area contributed by atoms with Crippen molar-refractivity contribution in [3.05, 3.63) is 18.3 Å². The number of halogens is 1. The normalized spacial score (nSPS) is 23.8. The summed E-state index contributed by atoms with van der Waals surface area (Å²) in [6.45, 7) is 3.15. The van der Waals surface area contributed by atoms with Crippen molar-refractivity contribution in [2.24, 2.45) is 5.41 Å². The van der Waals surface area contributed by atoms with Gasteiger partial charge in [-0.3, -0.25) is 4.79 Å². The fraction of sp³-hybridized carbons (Fsp3) is 0.545. The molecular weight excluding hydrogens is 223 g/mol. The average Bonchev–Trinajstić information content (AvgIpc) is 2.72.